The van der Waals surface area contributed by atoms with Gasteiger partial charge in [0, 0.05) is 29.7 Å². The number of hydrogen-bond acceptors (Lipinski definition) is 4. The molecule has 5 heteroatoms. The maximum absolute atomic E-state index is 12.4. The van der Waals surface area contributed by atoms with Crippen LogP contribution in [0.5, 0.6) is 0 Å². The van der Waals surface area contributed by atoms with Gasteiger partial charge in [-0.1, -0.05) is 18.2 Å². The molecule has 0 radical (unpaired) electrons. The van der Waals surface area contributed by atoms with E-state index in [1.54, 1.807) is 0 Å². The predicted molar refractivity (Wildman–Crippen MR) is 98.7 cm³/mol. The maximum Gasteiger partial charge on any atom is 0.311 e. The number of H-pyrrole nitrogens is 1. The number of aromatic nitrogens is 1. The molecule has 2 fully saturated rings. The van der Waals surface area contributed by atoms with Crippen molar-refractivity contribution in [1.82, 2.24) is 9.88 Å². The highest BCUT2D eigenvalue weighted by atomic mass is 16.5. The molecule has 1 saturated carbocycles. The van der Waals surface area contributed by atoms with Gasteiger partial charge in [-0.2, -0.15) is 0 Å². The third kappa shape index (κ3) is 2.33. The van der Waals surface area contributed by atoms with Crippen molar-refractivity contribution in [1.29, 1.82) is 0 Å². The van der Waals surface area contributed by atoms with Gasteiger partial charge >= 0.3 is 5.97 Å². The number of piperidine rings is 1. The molecule has 0 spiro atoms. The van der Waals surface area contributed by atoms with E-state index < -0.39 is 6.10 Å². The summed E-state index contributed by atoms with van der Waals surface area (Å²) in [6.45, 7) is 2.10. The highest BCUT2D eigenvalue weighted by molar-refractivity contribution is 5.85. The molecule has 2 aromatic rings. The Hall–Kier alpha value is -1.85. The zero-order chi connectivity index (χ0) is 17.8. The fraction of sp³-hybridized carbons (Fsp3) is 0.571. The third-order valence-electron chi connectivity index (χ3n) is 7.02. The number of para-hydroxylation sites is 1. The number of aromatic amines is 1. The van der Waals surface area contributed by atoms with Crippen molar-refractivity contribution in [2.75, 3.05) is 20.2 Å². The molecule has 0 bridgehead atoms. The number of carbonyl (C=O) groups excluding carboxylic acids is 1. The molecule has 3 aliphatic rings. The summed E-state index contributed by atoms with van der Waals surface area (Å²) in [6, 6.07) is 8.83. The second-order valence-corrected chi connectivity index (χ2v) is 8.18. The van der Waals surface area contributed by atoms with Crippen LogP contribution in [0.25, 0.3) is 10.9 Å². The molecule has 5 atom stereocenters. The highest BCUT2D eigenvalue weighted by Crippen LogP contribution is 2.49. The van der Waals surface area contributed by atoms with Crippen LogP contribution in [0.2, 0.25) is 0 Å². The van der Waals surface area contributed by atoms with Crippen molar-refractivity contribution < 1.29 is 14.6 Å². The summed E-state index contributed by atoms with van der Waals surface area (Å²) in [6.07, 6.45) is 3.14. The first-order chi connectivity index (χ1) is 12.7. The number of carbonyl (C=O) groups is 1. The van der Waals surface area contributed by atoms with E-state index in [1.807, 2.05) is 0 Å². The van der Waals surface area contributed by atoms with E-state index in [2.05, 4.69) is 34.1 Å². The van der Waals surface area contributed by atoms with Crippen molar-refractivity contribution in [3.63, 3.8) is 0 Å². The van der Waals surface area contributed by atoms with E-state index in [1.165, 1.54) is 29.3 Å². The number of esters is 1. The number of aliphatic hydroxyl groups is 1. The third-order valence-corrected chi connectivity index (χ3v) is 7.02. The predicted octanol–water partition coefficient (Wildman–Crippen LogP) is 2.65. The second-order valence-electron chi connectivity index (χ2n) is 8.18. The van der Waals surface area contributed by atoms with Crippen molar-refractivity contribution in [3.8, 4) is 0 Å². The number of rotatable bonds is 1. The number of ether oxygens (including phenoxy) is 1. The quantitative estimate of drug-likeness (QED) is 0.773. The van der Waals surface area contributed by atoms with Crippen molar-refractivity contribution in [3.05, 3.63) is 35.5 Å². The Morgan fingerprint density at radius 3 is 3.00 bits per heavy atom. The Morgan fingerprint density at radius 2 is 2.15 bits per heavy atom. The molecule has 3 heterocycles. The molecule has 1 aromatic carbocycles. The number of hydrogen-bond donors (Lipinski definition) is 2. The number of methoxy groups -OCH3 is 1. The van der Waals surface area contributed by atoms with Gasteiger partial charge in [0.15, 0.2) is 0 Å². The standard InChI is InChI=1S/C21H26N2O3/c1-26-21(25)19-15-10-17-20-14(13-4-2-3-5-16(13)22-20)8-9-23(17)11-12(15)6-7-18(19)24/h2-5,12,15,17-19,22,24H,6-11H2,1H3/t12-,15-,17?,18?,19?/m1/s1. The lowest BCUT2D eigenvalue weighted by molar-refractivity contribution is -0.160. The van der Waals surface area contributed by atoms with E-state index in [4.69, 9.17) is 4.74 Å². The van der Waals surface area contributed by atoms with E-state index in [0.29, 0.717) is 18.4 Å². The molecular weight excluding hydrogens is 328 g/mol. The highest BCUT2D eigenvalue weighted by Gasteiger charge is 2.49. The Bertz CT molecular complexity index is 845. The fourth-order valence-corrected chi connectivity index (χ4v) is 5.80. The van der Waals surface area contributed by atoms with Gasteiger partial charge in [-0.3, -0.25) is 9.69 Å². The minimum absolute atomic E-state index is 0.199. The van der Waals surface area contributed by atoms with Gasteiger partial charge < -0.3 is 14.8 Å². The van der Waals surface area contributed by atoms with Crippen LogP contribution < -0.4 is 0 Å². The van der Waals surface area contributed by atoms with E-state index in [0.717, 1.165) is 32.4 Å². The van der Waals surface area contributed by atoms with Crippen LogP contribution in [-0.2, 0) is 16.0 Å². The monoisotopic (exact) mass is 354 g/mol. The van der Waals surface area contributed by atoms with Gasteiger partial charge in [0.05, 0.1) is 25.2 Å². The molecule has 3 unspecified atom stereocenters. The average molecular weight is 354 g/mol. The van der Waals surface area contributed by atoms with Crippen molar-refractivity contribution >= 4 is 16.9 Å². The lowest BCUT2D eigenvalue weighted by Gasteiger charge is -2.50. The fourth-order valence-electron chi connectivity index (χ4n) is 5.80. The van der Waals surface area contributed by atoms with Crippen LogP contribution in [0.4, 0.5) is 0 Å². The van der Waals surface area contributed by atoms with Crippen molar-refractivity contribution in [2.24, 2.45) is 17.8 Å². The second kappa shape index (κ2) is 6.10. The number of benzene rings is 1. The lowest BCUT2D eigenvalue weighted by atomic mass is 9.65. The Balaban J connectivity index is 1.52. The molecule has 1 saturated heterocycles. The minimum atomic E-state index is -0.568. The molecule has 2 aliphatic heterocycles. The summed E-state index contributed by atoms with van der Waals surface area (Å²) in [7, 11) is 1.43. The van der Waals surface area contributed by atoms with Gasteiger partial charge in [-0.25, -0.2) is 0 Å². The molecule has 5 rings (SSSR count). The maximum atomic E-state index is 12.4. The molecule has 2 N–H and O–H groups in total. The zero-order valence-electron chi connectivity index (χ0n) is 15.1. The van der Waals surface area contributed by atoms with Crippen LogP contribution in [0.3, 0.4) is 0 Å². The number of fused-ring (bicyclic) bond motifs is 6. The first-order valence-electron chi connectivity index (χ1n) is 9.76. The van der Waals surface area contributed by atoms with Gasteiger partial charge in [-0.05, 0) is 49.1 Å². The van der Waals surface area contributed by atoms with Crippen LogP contribution in [0, 0.1) is 17.8 Å². The molecule has 5 nitrogen and oxygen atoms in total. The average Bonchev–Trinajstić information content (AvgIpc) is 3.05. The molecule has 1 aliphatic carbocycles. The Labute approximate surface area is 153 Å². The summed E-state index contributed by atoms with van der Waals surface area (Å²) in [5.41, 5.74) is 3.96. The largest absolute Gasteiger partial charge is 0.469 e. The van der Waals surface area contributed by atoms with Gasteiger partial charge in [0.2, 0.25) is 0 Å². The Morgan fingerprint density at radius 1 is 1.31 bits per heavy atom. The SMILES string of the molecule is COC(=O)C1C(O)CC[C@@H]2CN3CCc4c([nH]c5ccccc45)C3C[C@@H]12. The summed E-state index contributed by atoms with van der Waals surface area (Å²) in [5, 5.41) is 11.8. The van der Waals surface area contributed by atoms with Crippen molar-refractivity contribution in [2.45, 2.75) is 37.8 Å². The first kappa shape index (κ1) is 16.3. The topological polar surface area (TPSA) is 65.6 Å². The number of aliphatic hydroxyl groups excluding tert-OH is 1. The summed E-state index contributed by atoms with van der Waals surface area (Å²) >= 11 is 0. The van der Waals surface area contributed by atoms with Gasteiger partial charge in [-0.15, -0.1) is 0 Å². The molecule has 1 aromatic heterocycles. The summed E-state index contributed by atoms with van der Waals surface area (Å²) in [5.74, 6) is 0.0541. The van der Waals surface area contributed by atoms with Crippen LogP contribution in [-0.4, -0.2) is 47.3 Å². The smallest absolute Gasteiger partial charge is 0.311 e. The van der Waals surface area contributed by atoms with E-state index in [-0.39, 0.29) is 17.8 Å². The summed E-state index contributed by atoms with van der Waals surface area (Å²) < 4.78 is 5.04. The van der Waals surface area contributed by atoms with Gasteiger partial charge in [0.1, 0.15) is 0 Å². The van der Waals surface area contributed by atoms with E-state index >= 15 is 0 Å². The molecule has 26 heavy (non-hydrogen) atoms. The molecular formula is C21H26N2O3. The zero-order valence-corrected chi connectivity index (χ0v) is 15.1. The molecule has 0 amide bonds. The lowest BCUT2D eigenvalue weighted by Crippen LogP contribution is -2.53. The minimum Gasteiger partial charge on any atom is -0.469 e. The van der Waals surface area contributed by atoms with Gasteiger partial charge in [0.25, 0.3) is 0 Å². The van der Waals surface area contributed by atoms with Crippen LogP contribution in [0.1, 0.15) is 36.6 Å². The number of nitrogens with one attached hydrogen (secondary N) is 1. The van der Waals surface area contributed by atoms with Crippen LogP contribution in [0.15, 0.2) is 24.3 Å². The Kier molecular flexibility index (Phi) is 3.83. The van der Waals surface area contributed by atoms with Crippen LogP contribution >= 0.6 is 0 Å². The number of nitrogens with zero attached hydrogens (tertiary/aromatic N) is 1. The van der Waals surface area contributed by atoms with E-state index in [9.17, 15) is 9.90 Å². The molecule has 138 valence electrons. The first-order valence-corrected chi connectivity index (χ1v) is 9.76. The summed E-state index contributed by atoms with van der Waals surface area (Å²) in [4.78, 5) is 18.6. The normalized spacial score (nSPS) is 34.0.